The van der Waals surface area contributed by atoms with Gasteiger partial charge < -0.3 is 10.2 Å². The van der Waals surface area contributed by atoms with Crippen molar-refractivity contribution < 1.29 is 4.79 Å². The number of nitrogens with one attached hydrogen (secondary N) is 2. The predicted octanol–water partition coefficient (Wildman–Crippen LogP) is 4.54. The molecule has 0 aliphatic carbocycles. The molecule has 4 aromatic rings. The van der Waals surface area contributed by atoms with Crippen molar-refractivity contribution in [3.8, 4) is 0 Å². The molecular weight excluding hydrogens is 444 g/mol. The van der Waals surface area contributed by atoms with Crippen LogP contribution in [-0.2, 0) is 6.54 Å². The van der Waals surface area contributed by atoms with E-state index in [0.717, 1.165) is 45.2 Å². The maximum atomic E-state index is 12.2. The van der Waals surface area contributed by atoms with Crippen molar-refractivity contribution in [1.29, 1.82) is 0 Å². The minimum Gasteiger partial charge on any atom is -0.355 e. The molecule has 1 fully saturated rings. The predicted molar refractivity (Wildman–Crippen MR) is 137 cm³/mol. The number of fused-ring (bicyclic) bond motifs is 1. The SMILES string of the molecule is CNC(=O)c1ccccc1Sc1ccc2c(/C=C/c3ccn(CCN4CCCC4)n3)n[nH]c2c1. The average molecular weight is 473 g/mol. The summed E-state index contributed by atoms with van der Waals surface area (Å²) in [5.41, 5.74) is 3.43. The first kappa shape index (κ1) is 22.4. The zero-order chi connectivity index (χ0) is 23.3. The third-order valence-electron chi connectivity index (χ3n) is 6.07. The highest BCUT2D eigenvalue weighted by molar-refractivity contribution is 7.99. The molecule has 2 N–H and O–H groups in total. The second-order valence-electron chi connectivity index (χ2n) is 8.38. The van der Waals surface area contributed by atoms with Crippen LogP contribution in [0, 0.1) is 0 Å². The summed E-state index contributed by atoms with van der Waals surface area (Å²) < 4.78 is 2.01. The summed E-state index contributed by atoms with van der Waals surface area (Å²) in [7, 11) is 1.65. The van der Waals surface area contributed by atoms with Gasteiger partial charge in [0.2, 0.25) is 0 Å². The molecule has 1 amide bonds. The van der Waals surface area contributed by atoms with Crippen LogP contribution < -0.4 is 5.32 Å². The van der Waals surface area contributed by atoms with Gasteiger partial charge in [-0.15, -0.1) is 0 Å². The number of carbonyl (C=O) groups excluding carboxylic acids is 1. The maximum Gasteiger partial charge on any atom is 0.252 e. The Morgan fingerprint density at radius 1 is 1.12 bits per heavy atom. The third kappa shape index (κ3) is 5.08. The minimum absolute atomic E-state index is 0.0865. The van der Waals surface area contributed by atoms with Gasteiger partial charge in [-0.2, -0.15) is 10.2 Å². The van der Waals surface area contributed by atoms with E-state index in [1.54, 1.807) is 18.8 Å². The number of rotatable bonds is 8. The van der Waals surface area contributed by atoms with Gasteiger partial charge in [0.1, 0.15) is 0 Å². The fourth-order valence-corrected chi connectivity index (χ4v) is 5.20. The standard InChI is InChI=1S/C26H28N6OS/c1-27-26(33)22-6-2-3-7-25(22)34-20-9-10-21-23(28-29-24(21)18-20)11-8-19-12-15-32(30-19)17-16-31-13-4-5-14-31/h2-3,6-12,15,18H,4-5,13-14,16-17H2,1H3,(H,27,33)(H,28,29)/b11-8+. The first-order valence-electron chi connectivity index (χ1n) is 11.6. The zero-order valence-corrected chi connectivity index (χ0v) is 20.0. The summed E-state index contributed by atoms with van der Waals surface area (Å²) in [6.45, 7) is 4.40. The number of hydrogen-bond acceptors (Lipinski definition) is 5. The topological polar surface area (TPSA) is 78.8 Å². The van der Waals surface area contributed by atoms with Gasteiger partial charge in [-0.05, 0) is 74.5 Å². The lowest BCUT2D eigenvalue weighted by molar-refractivity contribution is 0.0960. The largest absolute Gasteiger partial charge is 0.355 e. The molecule has 0 radical (unpaired) electrons. The Hall–Kier alpha value is -3.36. The van der Waals surface area contributed by atoms with Crippen LogP contribution in [0.15, 0.2) is 64.5 Å². The Balaban J connectivity index is 1.27. The number of aromatic amines is 1. The fourth-order valence-electron chi connectivity index (χ4n) is 4.22. The lowest BCUT2D eigenvalue weighted by atomic mass is 10.2. The van der Waals surface area contributed by atoms with Crippen molar-refractivity contribution in [3.05, 3.63) is 71.7 Å². The Morgan fingerprint density at radius 3 is 2.82 bits per heavy atom. The second kappa shape index (κ2) is 10.3. The number of hydrogen-bond donors (Lipinski definition) is 2. The molecule has 174 valence electrons. The van der Waals surface area contributed by atoms with Gasteiger partial charge in [0.05, 0.1) is 29.0 Å². The van der Waals surface area contributed by atoms with E-state index in [1.807, 2.05) is 53.4 Å². The smallest absolute Gasteiger partial charge is 0.252 e. The van der Waals surface area contributed by atoms with E-state index < -0.39 is 0 Å². The van der Waals surface area contributed by atoms with Gasteiger partial charge in [0, 0.05) is 35.0 Å². The lowest BCUT2D eigenvalue weighted by Gasteiger charge is -2.13. The summed E-state index contributed by atoms with van der Waals surface area (Å²) in [5, 5.41) is 16.0. The zero-order valence-electron chi connectivity index (χ0n) is 19.2. The number of likely N-dealkylation sites (tertiary alicyclic amines) is 1. The molecule has 1 aliphatic heterocycles. The molecular formula is C26H28N6OS. The molecule has 3 heterocycles. The Morgan fingerprint density at radius 2 is 1.97 bits per heavy atom. The van der Waals surface area contributed by atoms with E-state index in [9.17, 15) is 4.79 Å². The van der Waals surface area contributed by atoms with Crippen LogP contribution in [-0.4, -0.2) is 57.5 Å². The molecule has 8 heteroatoms. The number of carbonyl (C=O) groups is 1. The van der Waals surface area contributed by atoms with Crippen molar-refractivity contribution in [2.24, 2.45) is 0 Å². The van der Waals surface area contributed by atoms with Crippen molar-refractivity contribution in [2.45, 2.75) is 29.2 Å². The van der Waals surface area contributed by atoms with Crippen molar-refractivity contribution in [3.63, 3.8) is 0 Å². The van der Waals surface area contributed by atoms with Crippen LogP contribution in [0.3, 0.4) is 0 Å². The van der Waals surface area contributed by atoms with Gasteiger partial charge in [-0.3, -0.25) is 14.6 Å². The van der Waals surface area contributed by atoms with Crippen LogP contribution in [0.2, 0.25) is 0 Å². The van der Waals surface area contributed by atoms with E-state index in [1.165, 1.54) is 25.9 Å². The van der Waals surface area contributed by atoms with E-state index >= 15 is 0 Å². The van der Waals surface area contributed by atoms with Gasteiger partial charge in [0.25, 0.3) is 5.91 Å². The number of aromatic nitrogens is 4. The van der Waals surface area contributed by atoms with Crippen LogP contribution in [0.4, 0.5) is 0 Å². The molecule has 7 nitrogen and oxygen atoms in total. The molecule has 1 aliphatic rings. The van der Waals surface area contributed by atoms with E-state index in [4.69, 9.17) is 0 Å². The Labute approximate surface area is 203 Å². The average Bonchev–Trinajstić information content (AvgIpc) is 3.62. The monoisotopic (exact) mass is 472 g/mol. The lowest BCUT2D eigenvalue weighted by Crippen LogP contribution is -2.24. The fraction of sp³-hybridized carbons (Fsp3) is 0.269. The summed E-state index contributed by atoms with van der Waals surface area (Å²) in [4.78, 5) is 16.6. The molecule has 0 bridgehead atoms. The maximum absolute atomic E-state index is 12.2. The highest BCUT2D eigenvalue weighted by Gasteiger charge is 2.12. The molecule has 0 spiro atoms. The molecule has 34 heavy (non-hydrogen) atoms. The third-order valence-corrected chi connectivity index (χ3v) is 7.13. The summed E-state index contributed by atoms with van der Waals surface area (Å²) in [6.07, 6.45) is 8.67. The Bertz CT molecular complexity index is 1320. The van der Waals surface area contributed by atoms with E-state index in [2.05, 4.69) is 43.7 Å². The molecule has 0 unspecified atom stereocenters. The molecule has 5 rings (SSSR count). The van der Waals surface area contributed by atoms with E-state index in [0.29, 0.717) is 5.56 Å². The highest BCUT2D eigenvalue weighted by atomic mass is 32.2. The molecule has 2 aromatic carbocycles. The van der Waals surface area contributed by atoms with Gasteiger partial charge in [-0.1, -0.05) is 23.9 Å². The van der Waals surface area contributed by atoms with Crippen molar-refractivity contribution in [1.82, 2.24) is 30.2 Å². The minimum atomic E-state index is -0.0865. The highest BCUT2D eigenvalue weighted by Crippen LogP contribution is 2.32. The summed E-state index contributed by atoms with van der Waals surface area (Å²) in [5.74, 6) is -0.0865. The number of H-pyrrole nitrogens is 1. The van der Waals surface area contributed by atoms with Crippen LogP contribution in [0.25, 0.3) is 23.1 Å². The number of benzene rings is 2. The quantitative estimate of drug-likeness (QED) is 0.394. The molecule has 2 aromatic heterocycles. The number of amides is 1. The molecule has 0 saturated carbocycles. The molecule has 1 saturated heterocycles. The van der Waals surface area contributed by atoms with Crippen LogP contribution in [0.5, 0.6) is 0 Å². The first-order chi connectivity index (χ1) is 16.7. The van der Waals surface area contributed by atoms with Crippen LogP contribution in [0.1, 0.15) is 34.6 Å². The van der Waals surface area contributed by atoms with Crippen molar-refractivity contribution in [2.75, 3.05) is 26.7 Å². The first-order valence-corrected chi connectivity index (χ1v) is 12.4. The van der Waals surface area contributed by atoms with Gasteiger partial charge in [-0.25, -0.2) is 0 Å². The molecule has 0 atom stereocenters. The van der Waals surface area contributed by atoms with Gasteiger partial charge >= 0.3 is 0 Å². The normalized spacial score (nSPS) is 14.4. The number of nitrogens with zero attached hydrogens (tertiary/aromatic N) is 4. The van der Waals surface area contributed by atoms with Crippen molar-refractivity contribution >= 4 is 40.7 Å². The van der Waals surface area contributed by atoms with Crippen LogP contribution >= 0.6 is 11.8 Å². The van der Waals surface area contributed by atoms with E-state index in [-0.39, 0.29) is 5.91 Å². The summed E-state index contributed by atoms with van der Waals surface area (Å²) >= 11 is 1.57. The second-order valence-corrected chi connectivity index (χ2v) is 9.49. The Kier molecular flexibility index (Phi) is 6.78. The van der Waals surface area contributed by atoms with Gasteiger partial charge in [0.15, 0.2) is 0 Å². The summed E-state index contributed by atoms with van der Waals surface area (Å²) in [6, 6.07) is 15.9.